The molecular formula is C20H19F3N6O. The van der Waals surface area contributed by atoms with E-state index < -0.39 is 11.7 Å². The highest BCUT2D eigenvalue weighted by molar-refractivity contribution is 5.79. The molecule has 10 heteroatoms. The van der Waals surface area contributed by atoms with E-state index in [0.717, 1.165) is 18.0 Å². The number of carbonyl (C=O) groups is 1. The minimum absolute atomic E-state index is 0.0785. The molecule has 1 aliphatic rings. The Hall–Kier alpha value is -3.43. The summed E-state index contributed by atoms with van der Waals surface area (Å²) < 4.78 is 39.6. The van der Waals surface area contributed by atoms with Crippen molar-refractivity contribution in [2.24, 2.45) is 0 Å². The van der Waals surface area contributed by atoms with Crippen LogP contribution in [0.3, 0.4) is 0 Å². The van der Waals surface area contributed by atoms with Gasteiger partial charge in [0.05, 0.1) is 12.0 Å². The molecule has 1 aliphatic heterocycles. The first kappa shape index (κ1) is 19.9. The SMILES string of the molecule is O=C(Cc1ccc(C(F)(F)F)cc1)N1CCN(c2cc(-n3cccn3)ncn2)CC1. The van der Waals surface area contributed by atoms with Crippen molar-refractivity contribution in [3.05, 3.63) is 66.2 Å². The fourth-order valence-electron chi connectivity index (χ4n) is 3.32. The Morgan fingerprint density at radius 1 is 1.00 bits per heavy atom. The van der Waals surface area contributed by atoms with Gasteiger partial charge in [0, 0.05) is 44.6 Å². The Balaban J connectivity index is 1.34. The summed E-state index contributed by atoms with van der Waals surface area (Å²) in [5.41, 5.74) is -0.151. The molecule has 0 aliphatic carbocycles. The zero-order valence-electron chi connectivity index (χ0n) is 16.0. The van der Waals surface area contributed by atoms with E-state index in [1.807, 2.05) is 12.1 Å². The number of piperazine rings is 1. The second kappa shape index (κ2) is 8.13. The minimum atomic E-state index is -4.38. The number of carbonyl (C=O) groups excluding carboxylic acids is 1. The number of halogens is 3. The van der Waals surface area contributed by atoms with Gasteiger partial charge in [0.2, 0.25) is 5.91 Å². The molecular weight excluding hydrogens is 397 g/mol. The standard InChI is InChI=1S/C20H19F3N6O/c21-20(22,23)16-4-2-15(3-5-16)12-19(30)28-10-8-27(9-11-28)17-13-18(25-14-24-17)29-7-1-6-26-29/h1-7,13-14H,8-12H2. The molecule has 0 unspecified atom stereocenters. The van der Waals surface area contributed by atoms with E-state index in [0.29, 0.717) is 37.6 Å². The predicted molar refractivity (Wildman–Crippen MR) is 103 cm³/mol. The van der Waals surface area contributed by atoms with Gasteiger partial charge in [0.25, 0.3) is 0 Å². The second-order valence-corrected chi connectivity index (χ2v) is 6.92. The van der Waals surface area contributed by atoms with Crippen molar-refractivity contribution in [1.82, 2.24) is 24.6 Å². The van der Waals surface area contributed by atoms with E-state index in [2.05, 4.69) is 20.0 Å². The van der Waals surface area contributed by atoms with E-state index in [1.165, 1.54) is 18.5 Å². The van der Waals surface area contributed by atoms with Crippen molar-refractivity contribution in [2.45, 2.75) is 12.6 Å². The largest absolute Gasteiger partial charge is 0.416 e. The summed E-state index contributed by atoms with van der Waals surface area (Å²) in [6, 6.07) is 8.37. The number of nitrogens with zero attached hydrogens (tertiary/aromatic N) is 6. The van der Waals surface area contributed by atoms with Crippen LogP contribution in [-0.2, 0) is 17.4 Å². The van der Waals surface area contributed by atoms with E-state index in [9.17, 15) is 18.0 Å². The fourth-order valence-corrected chi connectivity index (χ4v) is 3.32. The fraction of sp³-hybridized carbons (Fsp3) is 0.300. The maximum absolute atomic E-state index is 12.7. The van der Waals surface area contributed by atoms with Gasteiger partial charge in [0.15, 0.2) is 5.82 Å². The average molecular weight is 416 g/mol. The molecule has 0 N–H and O–H groups in total. The van der Waals surface area contributed by atoms with Gasteiger partial charge in [-0.1, -0.05) is 12.1 Å². The summed E-state index contributed by atoms with van der Waals surface area (Å²) in [6.07, 6.45) is 0.646. The molecule has 1 aromatic carbocycles. The first-order valence-electron chi connectivity index (χ1n) is 9.41. The molecule has 0 saturated carbocycles. The molecule has 0 bridgehead atoms. The van der Waals surface area contributed by atoms with Gasteiger partial charge in [0.1, 0.15) is 12.1 Å². The van der Waals surface area contributed by atoms with Crippen molar-refractivity contribution >= 4 is 11.7 Å². The van der Waals surface area contributed by atoms with Gasteiger partial charge >= 0.3 is 6.18 Å². The lowest BCUT2D eigenvalue weighted by atomic mass is 10.1. The summed E-state index contributed by atoms with van der Waals surface area (Å²) in [4.78, 5) is 24.9. The van der Waals surface area contributed by atoms with Crippen molar-refractivity contribution in [3.63, 3.8) is 0 Å². The van der Waals surface area contributed by atoms with Crippen molar-refractivity contribution in [2.75, 3.05) is 31.1 Å². The van der Waals surface area contributed by atoms with Gasteiger partial charge in [-0.2, -0.15) is 18.3 Å². The molecule has 3 aromatic rings. The van der Waals surface area contributed by atoms with Crippen molar-refractivity contribution in [3.8, 4) is 5.82 Å². The molecule has 156 valence electrons. The molecule has 0 spiro atoms. The first-order chi connectivity index (χ1) is 14.4. The van der Waals surface area contributed by atoms with Crippen LogP contribution in [0.25, 0.3) is 5.82 Å². The molecule has 0 radical (unpaired) electrons. The summed E-state index contributed by atoms with van der Waals surface area (Å²) in [5, 5.41) is 4.16. The third-order valence-corrected chi connectivity index (χ3v) is 4.97. The molecule has 30 heavy (non-hydrogen) atoms. The van der Waals surface area contributed by atoms with Crippen molar-refractivity contribution in [1.29, 1.82) is 0 Å². The van der Waals surface area contributed by atoms with Crippen LogP contribution in [0.2, 0.25) is 0 Å². The Kier molecular flexibility index (Phi) is 5.39. The van der Waals surface area contributed by atoms with Gasteiger partial charge in [-0.3, -0.25) is 4.79 Å². The number of alkyl halides is 3. The van der Waals surface area contributed by atoms with Crippen LogP contribution in [0.1, 0.15) is 11.1 Å². The van der Waals surface area contributed by atoms with Gasteiger partial charge in [-0.15, -0.1) is 0 Å². The Bertz CT molecular complexity index is 996. The van der Waals surface area contributed by atoms with Gasteiger partial charge in [-0.05, 0) is 23.8 Å². The first-order valence-corrected chi connectivity index (χ1v) is 9.41. The number of aromatic nitrogens is 4. The maximum atomic E-state index is 12.7. The molecule has 2 aromatic heterocycles. The highest BCUT2D eigenvalue weighted by Crippen LogP contribution is 2.29. The van der Waals surface area contributed by atoms with Crippen LogP contribution in [0.5, 0.6) is 0 Å². The van der Waals surface area contributed by atoms with Gasteiger partial charge in [-0.25, -0.2) is 14.6 Å². The summed E-state index contributed by atoms with van der Waals surface area (Å²) in [7, 11) is 0. The lowest BCUT2D eigenvalue weighted by molar-refractivity contribution is -0.137. The smallest absolute Gasteiger partial charge is 0.353 e. The number of benzene rings is 1. The summed E-state index contributed by atoms with van der Waals surface area (Å²) >= 11 is 0. The molecule has 1 fully saturated rings. The lowest BCUT2D eigenvalue weighted by Gasteiger charge is -2.35. The molecule has 3 heterocycles. The van der Waals surface area contributed by atoms with Crippen LogP contribution >= 0.6 is 0 Å². The monoisotopic (exact) mass is 416 g/mol. The Morgan fingerprint density at radius 3 is 2.33 bits per heavy atom. The zero-order valence-corrected chi connectivity index (χ0v) is 16.0. The van der Waals surface area contributed by atoms with Crippen LogP contribution < -0.4 is 4.90 Å². The normalized spacial score (nSPS) is 14.8. The molecule has 4 rings (SSSR count). The Labute approximate surface area is 170 Å². The molecule has 0 atom stereocenters. The number of rotatable bonds is 4. The summed E-state index contributed by atoms with van der Waals surface area (Å²) in [6.45, 7) is 2.24. The maximum Gasteiger partial charge on any atom is 0.416 e. The van der Waals surface area contributed by atoms with Crippen LogP contribution in [0.4, 0.5) is 19.0 Å². The Morgan fingerprint density at radius 2 is 1.70 bits per heavy atom. The minimum Gasteiger partial charge on any atom is -0.353 e. The van der Waals surface area contributed by atoms with Crippen molar-refractivity contribution < 1.29 is 18.0 Å². The number of hydrogen-bond donors (Lipinski definition) is 0. The number of hydrogen-bond acceptors (Lipinski definition) is 5. The quantitative estimate of drug-likeness (QED) is 0.654. The van der Waals surface area contributed by atoms with Gasteiger partial charge < -0.3 is 9.80 Å². The molecule has 1 saturated heterocycles. The number of amides is 1. The third-order valence-electron chi connectivity index (χ3n) is 4.97. The second-order valence-electron chi connectivity index (χ2n) is 6.92. The van der Waals surface area contributed by atoms with Crippen LogP contribution in [0, 0.1) is 0 Å². The highest BCUT2D eigenvalue weighted by Gasteiger charge is 2.30. The zero-order chi connectivity index (χ0) is 21.1. The number of anilines is 1. The lowest BCUT2D eigenvalue weighted by Crippen LogP contribution is -2.49. The van der Waals surface area contributed by atoms with Crippen LogP contribution in [-0.4, -0.2) is 56.7 Å². The van der Waals surface area contributed by atoms with E-state index >= 15 is 0 Å². The van der Waals surface area contributed by atoms with E-state index in [1.54, 1.807) is 22.0 Å². The van der Waals surface area contributed by atoms with E-state index in [-0.39, 0.29) is 12.3 Å². The van der Waals surface area contributed by atoms with Crippen LogP contribution in [0.15, 0.2) is 55.1 Å². The third kappa shape index (κ3) is 4.42. The van der Waals surface area contributed by atoms with E-state index in [4.69, 9.17) is 0 Å². The topological polar surface area (TPSA) is 67.2 Å². The molecule has 1 amide bonds. The predicted octanol–water partition coefficient (Wildman–Crippen LogP) is 2.57. The summed E-state index contributed by atoms with van der Waals surface area (Å²) in [5.74, 6) is 1.31. The highest BCUT2D eigenvalue weighted by atomic mass is 19.4. The molecule has 7 nitrogen and oxygen atoms in total. The average Bonchev–Trinajstić information content (AvgIpc) is 3.29.